The monoisotopic (exact) mass is 246 g/mol. The van der Waals surface area contributed by atoms with Gasteiger partial charge in [-0.15, -0.1) is 0 Å². The zero-order valence-electron chi connectivity index (χ0n) is 11.0. The predicted molar refractivity (Wildman–Crippen MR) is 70.4 cm³/mol. The number of nitrogens with zero attached hydrogens (tertiary/aromatic N) is 2. The molecule has 0 spiro atoms. The van der Waals surface area contributed by atoms with E-state index in [2.05, 4.69) is 4.98 Å². The van der Waals surface area contributed by atoms with Crippen LogP contribution in [0.25, 0.3) is 0 Å². The van der Waals surface area contributed by atoms with E-state index in [1.165, 1.54) is 0 Å². The summed E-state index contributed by atoms with van der Waals surface area (Å²) in [5.74, 6) is 2.66. The smallest absolute Gasteiger partial charge is 0.129 e. The molecule has 0 amide bonds. The van der Waals surface area contributed by atoms with Gasteiger partial charge >= 0.3 is 0 Å². The molecule has 0 aliphatic rings. The normalized spacial score (nSPS) is 10.7. The molecule has 0 saturated heterocycles. The summed E-state index contributed by atoms with van der Waals surface area (Å²) in [6.45, 7) is 4.55. The van der Waals surface area contributed by atoms with E-state index < -0.39 is 0 Å². The summed E-state index contributed by atoms with van der Waals surface area (Å²) in [7, 11) is 1.96. The molecule has 0 aliphatic heterocycles. The van der Waals surface area contributed by atoms with Gasteiger partial charge in [0, 0.05) is 12.7 Å². The maximum Gasteiger partial charge on any atom is 0.129 e. The second-order valence-corrected chi connectivity index (χ2v) is 4.50. The van der Waals surface area contributed by atoms with E-state index in [1.54, 1.807) is 0 Å². The standard InChI is InChI=1S/C14H18N2O2/c1-10-6-12(9-17)7-14(15-10)16(3)8-13-5-4-11(2)18-13/h4-7,17H,8-9H2,1-3H3. The number of aryl methyl sites for hydroxylation is 2. The Morgan fingerprint density at radius 2 is 2.06 bits per heavy atom. The summed E-state index contributed by atoms with van der Waals surface area (Å²) in [5.41, 5.74) is 1.78. The molecule has 2 aromatic heterocycles. The highest BCUT2D eigenvalue weighted by Crippen LogP contribution is 2.17. The fourth-order valence-electron chi connectivity index (χ4n) is 1.89. The first-order valence-electron chi connectivity index (χ1n) is 5.93. The van der Waals surface area contributed by atoms with Crippen molar-refractivity contribution in [1.29, 1.82) is 0 Å². The Morgan fingerprint density at radius 3 is 2.67 bits per heavy atom. The van der Waals surface area contributed by atoms with Gasteiger partial charge in [-0.2, -0.15) is 0 Å². The second-order valence-electron chi connectivity index (χ2n) is 4.50. The average Bonchev–Trinajstić information content (AvgIpc) is 2.73. The summed E-state index contributed by atoms with van der Waals surface area (Å²) in [6, 6.07) is 7.69. The number of hydrogen-bond acceptors (Lipinski definition) is 4. The van der Waals surface area contributed by atoms with Gasteiger partial charge in [0.1, 0.15) is 17.3 Å². The number of furan rings is 1. The average molecular weight is 246 g/mol. The highest BCUT2D eigenvalue weighted by atomic mass is 16.3. The van der Waals surface area contributed by atoms with E-state index in [0.717, 1.165) is 28.6 Å². The van der Waals surface area contributed by atoms with Crippen molar-refractivity contribution >= 4 is 5.82 Å². The van der Waals surface area contributed by atoms with E-state index >= 15 is 0 Å². The molecule has 0 aliphatic carbocycles. The van der Waals surface area contributed by atoms with Crippen LogP contribution < -0.4 is 4.90 Å². The SMILES string of the molecule is Cc1cc(CO)cc(N(C)Cc2ccc(C)o2)n1. The Labute approximate surface area is 107 Å². The molecule has 2 rings (SSSR count). The maximum atomic E-state index is 9.20. The van der Waals surface area contributed by atoms with Crippen LogP contribution in [0.2, 0.25) is 0 Å². The van der Waals surface area contributed by atoms with Gasteiger partial charge in [-0.05, 0) is 43.7 Å². The summed E-state index contributed by atoms with van der Waals surface area (Å²) in [4.78, 5) is 6.46. The highest BCUT2D eigenvalue weighted by Gasteiger charge is 2.08. The first-order valence-corrected chi connectivity index (χ1v) is 5.93. The topological polar surface area (TPSA) is 49.5 Å². The minimum atomic E-state index is 0.0318. The van der Waals surface area contributed by atoms with Crippen LogP contribution in [0.3, 0.4) is 0 Å². The third kappa shape index (κ3) is 2.90. The summed E-state index contributed by atoms with van der Waals surface area (Å²) >= 11 is 0. The zero-order chi connectivity index (χ0) is 13.1. The van der Waals surface area contributed by atoms with Gasteiger partial charge in [-0.3, -0.25) is 0 Å². The van der Waals surface area contributed by atoms with Crippen molar-refractivity contribution in [1.82, 2.24) is 4.98 Å². The van der Waals surface area contributed by atoms with E-state index in [1.807, 2.05) is 50.1 Å². The van der Waals surface area contributed by atoms with E-state index in [0.29, 0.717) is 6.54 Å². The molecule has 0 radical (unpaired) electrons. The second kappa shape index (κ2) is 5.23. The largest absolute Gasteiger partial charge is 0.464 e. The van der Waals surface area contributed by atoms with Crippen LogP contribution in [0.4, 0.5) is 5.82 Å². The molecule has 0 bridgehead atoms. The Bertz CT molecular complexity index is 534. The lowest BCUT2D eigenvalue weighted by Crippen LogP contribution is -2.18. The first-order chi connectivity index (χ1) is 8.58. The molecule has 0 atom stereocenters. The number of anilines is 1. The van der Waals surface area contributed by atoms with Crippen molar-refractivity contribution < 1.29 is 9.52 Å². The predicted octanol–water partition coefficient (Wildman–Crippen LogP) is 2.42. The Kier molecular flexibility index (Phi) is 3.67. The van der Waals surface area contributed by atoms with Crippen LogP contribution in [0.1, 0.15) is 22.8 Å². The fourth-order valence-corrected chi connectivity index (χ4v) is 1.89. The minimum absolute atomic E-state index is 0.0318. The van der Waals surface area contributed by atoms with Crippen molar-refractivity contribution in [3.8, 4) is 0 Å². The highest BCUT2D eigenvalue weighted by molar-refractivity contribution is 5.42. The van der Waals surface area contributed by atoms with Gasteiger partial charge in [-0.1, -0.05) is 0 Å². The molecule has 2 aromatic rings. The lowest BCUT2D eigenvalue weighted by Gasteiger charge is -2.18. The molecule has 18 heavy (non-hydrogen) atoms. The van der Waals surface area contributed by atoms with E-state index in [9.17, 15) is 5.11 Å². The molecule has 4 heteroatoms. The number of rotatable bonds is 4. The molecule has 0 saturated carbocycles. The van der Waals surface area contributed by atoms with Gasteiger partial charge in [0.2, 0.25) is 0 Å². The number of hydrogen-bond donors (Lipinski definition) is 1. The molecule has 0 aromatic carbocycles. The Balaban J connectivity index is 2.17. The molecular formula is C14H18N2O2. The van der Waals surface area contributed by atoms with Crippen molar-refractivity contribution in [3.63, 3.8) is 0 Å². The third-order valence-electron chi connectivity index (χ3n) is 2.76. The zero-order valence-corrected chi connectivity index (χ0v) is 11.0. The summed E-state index contributed by atoms with van der Waals surface area (Å²) in [5, 5.41) is 9.20. The summed E-state index contributed by atoms with van der Waals surface area (Å²) in [6.07, 6.45) is 0. The van der Waals surface area contributed by atoms with Crippen LogP contribution in [-0.2, 0) is 13.2 Å². The Morgan fingerprint density at radius 1 is 1.28 bits per heavy atom. The Hall–Kier alpha value is -1.81. The minimum Gasteiger partial charge on any atom is -0.464 e. The van der Waals surface area contributed by atoms with E-state index in [4.69, 9.17) is 4.42 Å². The lowest BCUT2D eigenvalue weighted by molar-refractivity contribution is 0.281. The van der Waals surface area contributed by atoms with Crippen LogP contribution in [-0.4, -0.2) is 17.1 Å². The van der Waals surface area contributed by atoms with Crippen LogP contribution in [0.5, 0.6) is 0 Å². The van der Waals surface area contributed by atoms with Crippen LogP contribution in [0.15, 0.2) is 28.7 Å². The van der Waals surface area contributed by atoms with Gasteiger partial charge in [-0.25, -0.2) is 4.98 Å². The van der Waals surface area contributed by atoms with Gasteiger partial charge in [0.15, 0.2) is 0 Å². The van der Waals surface area contributed by atoms with Gasteiger partial charge < -0.3 is 14.4 Å². The van der Waals surface area contributed by atoms with Crippen molar-refractivity contribution in [3.05, 3.63) is 47.0 Å². The number of aliphatic hydroxyl groups is 1. The van der Waals surface area contributed by atoms with Crippen LogP contribution >= 0.6 is 0 Å². The molecular weight excluding hydrogens is 228 g/mol. The summed E-state index contributed by atoms with van der Waals surface area (Å²) < 4.78 is 5.54. The fraction of sp³-hybridized carbons (Fsp3) is 0.357. The first kappa shape index (κ1) is 12.6. The van der Waals surface area contributed by atoms with Crippen molar-refractivity contribution in [2.45, 2.75) is 27.0 Å². The van der Waals surface area contributed by atoms with Gasteiger partial charge in [0.25, 0.3) is 0 Å². The third-order valence-corrected chi connectivity index (χ3v) is 2.76. The molecule has 2 heterocycles. The molecule has 0 fully saturated rings. The van der Waals surface area contributed by atoms with Crippen LogP contribution in [0, 0.1) is 13.8 Å². The van der Waals surface area contributed by atoms with Crippen molar-refractivity contribution in [2.75, 3.05) is 11.9 Å². The number of aliphatic hydroxyl groups excluding tert-OH is 1. The molecule has 4 nitrogen and oxygen atoms in total. The maximum absolute atomic E-state index is 9.20. The van der Waals surface area contributed by atoms with Gasteiger partial charge in [0.05, 0.1) is 13.2 Å². The van der Waals surface area contributed by atoms with Crippen molar-refractivity contribution in [2.24, 2.45) is 0 Å². The lowest BCUT2D eigenvalue weighted by atomic mass is 10.2. The number of aromatic nitrogens is 1. The molecule has 0 unspecified atom stereocenters. The quantitative estimate of drug-likeness (QED) is 0.900. The number of pyridine rings is 1. The molecule has 96 valence electrons. The van der Waals surface area contributed by atoms with E-state index in [-0.39, 0.29) is 6.61 Å². The molecule has 1 N–H and O–H groups in total.